The van der Waals surface area contributed by atoms with Crippen LogP contribution in [0.25, 0.3) is 0 Å². The maximum Gasteiger partial charge on any atom is 1.00 e. The average Bonchev–Trinajstić information content (AvgIpc) is 1.49. The van der Waals surface area contributed by atoms with Crippen molar-refractivity contribution in [3.05, 3.63) is 265 Å². The number of amides is 4. The summed E-state index contributed by atoms with van der Waals surface area (Å²) in [6, 6.07) is 52.3. The summed E-state index contributed by atoms with van der Waals surface area (Å²) in [4.78, 5) is 151. The zero-order valence-corrected chi connectivity index (χ0v) is 61.6. The number of carbonyl (C=O) groups excluding carboxylic acids is 11. The van der Waals surface area contributed by atoms with Gasteiger partial charge in [0.15, 0.2) is 34.5 Å². The molecule has 30 heteroatoms. The Morgan fingerprint density at radius 1 is 0.432 bits per heavy atom. The maximum absolute atomic E-state index is 14.0. The largest absolute Gasteiger partial charge is 1.00 e. The van der Waals surface area contributed by atoms with Crippen LogP contribution >= 0.6 is 34.8 Å². The van der Waals surface area contributed by atoms with Gasteiger partial charge in [0.05, 0.1) is 53.6 Å². The number of ketones is 5. The maximum atomic E-state index is 14.0. The topological polar surface area (TPSA) is 351 Å². The first kappa shape index (κ1) is 72.7. The minimum Gasteiger partial charge on any atom is -0.550 e. The van der Waals surface area contributed by atoms with Gasteiger partial charge in [0.25, 0.3) is 5.79 Å². The third-order valence-corrected chi connectivity index (χ3v) is 22.5. The van der Waals surface area contributed by atoms with Crippen molar-refractivity contribution in [2.24, 2.45) is 35.5 Å². The summed E-state index contributed by atoms with van der Waals surface area (Å²) < 4.78 is 56.2. The number of fused-ring (bicyclic) bond motifs is 9. The summed E-state index contributed by atoms with van der Waals surface area (Å²) in [7, 11) is 0. The van der Waals surface area contributed by atoms with Crippen LogP contribution < -0.4 is 78.6 Å². The van der Waals surface area contributed by atoms with Crippen molar-refractivity contribution in [2.45, 2.75) is 40.9 Å². The fraction of sp³-hybridized carbons (Fsp3) is 0.198. The van der Waals surface area contributed by atoms with Crippen LogP contribution in [-0.2, 0) is 53.5 Å². The van der Waals surface area contributed by atoms with Gasteiger partial charge in [0.2, 0.25) is 89.7 Å². The Morgan fingerprint density at radius 3 is 1.32 bits per heavy atom. The molecule has 26 nitrogen and oxygen atoms in total. The van der Waals surface area contributed by atoms with Crippen LogP contribution in [0.2, 0.25) is 15.1 Å². The van der Waals surface area contributed by atoms with Gasteiger partial charge in [-0.25, -0.2) is 4.90 Å². The molecule has 11 unspecified atom stereocenters. The molecule has 9 aromatic carbocycles. The van der Waals surface area contributed by atoms with Crippen LogP contribution in [-0.4, -0.2) is 107 Å². The van der Waals surface area contributed by atoms with E-state index in [1.807, 2.05) is 0 Å². The van der Waals surface area contributed by atoms with Crippen LogP contribution in [0.1, 0.15) is 92.4 Å². The molecule has 3 N–H and O–H groups in total. The van der Waals surface area contributed by atoms with E-state index in [0.29, 0.717) is 77.6 Å². The van der Waals surface area contributed by atoms with E-state index in [2.05, 4.69) is 10.6 Å². The number of esters is 1. The number of imide groups is 1. The molecule has 550 valence electrons. The third kappa shape index (κ3) is 10.9. The van der Waals surface area contributed by atoms with Crippen LogP contribution in [0, 0.1) is 35.5 Å². The van der Waals surface area contributed by atoms with Crippen molar-refractivity contribution < 1.29 is 140 Å². The third-order valence-electron chi connectivity index (χ3n) is 21.7. The van der Waals surface area contributed by atoms with Crippen LogP contribution in [0.15, 0.2) is 200 Å². The number of aliphatic hydroxyl groups is 1. The number of rotatable bonds is 9. The molecule has 8 aliphatic heterocycles. The number of aliphatic carboxylic acids is 1. The molecular weight excluding hydrogens is 1510 g/mol. The van der Waals surface area contributed by atoms with Crippen LogP contribution in [0.4, 0.5) is 17.1 Å². The number of carboxylic acid groups (broad SMARTS) is 1. The Kier molecular flexibility index (Phi) is 17.8. The summed E-state index contributed by atoms with van der Waals surface area (Å²) in [5.41, 5.74) is -3.60. The molecule has 5 saturated heterocycles. The Morgan fingerprint density at radius 2 is 0.838 bits per heavy atom. The van der Waals surface area contributed by atoms with E-state index < -0.39 is 141 Å². The van der Waals surface area contributed by atoms with Gasteiger partial charge in [-0.2, -0.15) is 0 Å². The fourth-order valence-corrected chi connectivity index (χ4v) is 17.3. The van der Waals surface area contributed by atoms with Crippen LogP contribution in [0.3, 0.4) is 0 Å². The molecule has 3 aliphatic carbocycles. The summed E-state index contributed by atoms with van der Waals surface area (Å²) >= 11 is 18.2. The zero-order chi connectivity index (χ0) is 76.2. The minimum atomic E-state index is -2.45. The number of nitrogens with one attached hydrogen (secondary N) is 2. The van der Waals surface area contributed by atoms with E-state index >= 15 is 0 Å². The number of hydrogen-bond donors (Lipinski definition) is 3. The molecule has 11 aliphatic rings. The number of nitrogens with zero attached hydrogens (tertiary/aromatic N) is 1. The number of carboxylic acids is 1. The molecule has 111 heavy (non-hydrogen) atoms. The Bertz CT molecular complexity index is 5520. The molecule has 0 aromatic heterocycles. The van der Waals surface area contributed by atoms with E-state index in [4.69, 9.17) is 82.2 Å². The number of ether oxygens (including phenoxy) is 10. The molecule has 4 amide bonds. The molecule has 9 aromatic rings. The smallest absolute Gasteiger partial charge is 0.550 e. The van der Waals surface area contributed by atoms with E-state index in [1.54, 1.807) is 152 Å². The van der Waals surface area contributed by atoms with Gasteiger partial charge in [-0.15, -0.1) is 0 Å². The summed E-state index contributed by atoms with van der Waals surface area (Å²) in [6.45, 7) is 0.129. The first-order chi connectivity index (χ1) is 53.1. The van der Waals surface area contributed by atoms with E-state index in [1.165, 1.54) is 48.5 Å². The number of carbonyl (C=O) groups is 11. The average molecular weight is 1560 g/mol. The molecule has 20 rings (SSSR count). The van der Waals surface area contributed by atoms with E-state index in [9.17, 15) is 63.0 Å². The molecule has 3 spiro atoms. The van der Waals surface area contributed by atoms with Crippen LogP contribution in [0.5, 0.6) is 34.5 Å². The molecular formula is C81H51Cl3N3NaO23. The quantitative estimate of drug-likeness (QED) is 0.0586. The fourth-order valence-electron chi connectivity index (χ4n) is 16.9. The van der Waals surface area contributed by atoms with Gasteiger partial charge in [0, 0.05) is 84.0 Å². The first-order valence-electron chi connectivity index (χ1n) is 34.2. The molecule has 0 saturated carbocycles. The molecule has 11 atom stereocenters. The second kappa shape index (κ2) is 27.1. The number of benzene rings is 9. The van der Waals surface area contributed by atoms with Crippen molar-refractivity contribution >= 4 is 116 Å². The van der Waals surface area contributed by atoms with Crippen molar-refractivity contribution in [3.63, 3.8) is 0 Å². The van der Waals surface area contributed by atoms with Crippen molar-refractivity contribution in [1.82, 2.24) is 0 Å². The van der Waals surface area contributed by atoms with Crippen molar-refractivity contribution in [2.75, 3.05) is 35.9 Å². The number of hydrogen-bond acceptors (Lipinski definition) is 23. The molecule has 5 fully saturated rings. The summed E-state index contributed by atoms with van der Waals surface area (Å²) in [6.07, 6.45) is -3.34. The van der Waals surface area contributed by atoms with Gasteiger partial charge < -0.3 is 73.0 Å². The molecule has 0 bridgehead atoms. The molecule has 8 heterocycles. The van der Waals surface area contributed by atoms with Gasteiger partial charge >= 0.3 is 35.5 Å². The predicted molar refractivity (Wildman–Crippen MR) is 378 cm³/mol. The summed E-state index contributed by atoms with van der Waals surface area (Å²) in [5.74, 6) is -16.8. The Labute approximate surface area is 663 Å². The number of Topliss-reactive ketones (excluding diaryl/α,β-unsaturated/α-hetero) is 5. The first-order valence-corrected chi connectivity index (χ1v) is 35.4. The van der Waals surface area contributed by atoms with Gasteiger partial charge in [-0.05, 0) is 89.5 Å². The standard InChI is InChI=1S/2C27H18ClNO8.C27H16ClNO7.Na/c28-14-7-5-13(6-8-14)22-20(24(31)29-15-9-10-18-19(11-15)35-12-34-18)21-25(32)37-27(33)17-4-2-1-3-16(17)23(30)26(21,27)36-22;28-14-7-5-13(6-8-14)22-20(25(32)29-15-9-10-18-19(11-15)36-12-35-18)21(26(33)34)27(37-22)23(30)16-3-1-2-4-17(16)24(27)31;28-14-7-5-13(6-8-14)22-20-21(27(36-22)23(30)16-3-1-2-4-17(16)24(27)31)26(33)29(25(20)32)15-9-10-18-19(11-15)35-12-34-18;/h1-11,20-22,33H,12H2,(H,29,31);1-11,20-22H,12H2,(H,29,32)(H,33,34);1-11,20-22H,12H2;/q;;;+1/p-1. The van der Waals surface area contributed by atoms with E-state index in [0.717, 1.165) is 4.90 Å². The van der Waals surface area contributed by atoms with Gasteiger partial charge in [-0.3, -0.25) is 47.9 Å². The minimum absolute atomic E-state index is 0. The SMILES string of the molecule is O=C(Nc1ccc2c(c1)OCO2)C1C(c2ccc(Cl)cc2)OC2(C(=O)c3ccccc3C2=O)C1C(=O)[O-].O=C(Nc1ccc2c(c1)OCO2)C1C(c2ccc(Cl)cc2)OC23C(=O)c4ccccc4C2(O)OC(=O)C13.O=C1C2C(c3ccc(Cl)cc3)OC3(C(=O)c4ccccc4C3=O)C2C(=O)N1c1ccc2c(c1)OCO2.[Na+]. The number of anilines is 3. The second-order valence-electron chi connectivity index (χ2n) is 27.3. The normalized spacial score (nSPS) is 25.9. The van der Waals surface area contributed by atoms with Gasteiger partial charge in [-0.1, -0.05) is 144 Å². The van der Waals surface area contributed by atoms with E-state index in [-0.39, 0.29) is 89.0 Å². The Balaban J connectivity index is 0.000000121. The predicted octanol–water partition coefficient (Wildman–Crippen LogP) is 6.70. The zero-order valence-electron chi connectivity index (χ0n) is 57.4. The summed E-state index contributed by atoms with van der Waals surface area (Å²) in [5, 5.41) is 31.1. The number of halogens is 3. The van der Waals surface area contributed by atoms with Crippen molar-refractivity contribution in [1.29, 1.82) is 0 Å². The second-order valence-corrected chi connectivity index (χ2v) is 28.6. The Hall–Kier alpha value is -11.1. The van der Waals surface area contributed by atoms with Crippen molar-refractivity contribution in [3.8, 4) is 34.5 Å². The van der Waals surface area contributed by atoms with Gasteiger partial charge in [0.1, 0.15) is 5.92 Å². The molecule has 0 radical (unpaired) electrons. The monoisotopic (exact) mass is 1560 g/mol.